The number of carbonyl (C=O) groups excluding carboxylic acids is 1. The summed E-state index contributed by atoms with van der Waals surface area (Å²) in [5.74, 6) is -0.357. The van der Waals surface area contributed by atoms with Crippen LogP contribution < -0.4 is 20.4 Å². The minimum absolute atomic E-state index is 0.0541. The maximum atomic E-state index is 14.7. The molecule has 1 saturated heterocycles. The third kappa shape index (κ3) is 4.86. The summed E-state index contributed by atoms with van der Waals surface area (Å²) in [5, 5.41) is 6.21. The van der Waals surface area contributed by atoms with Gasteiger partial charge in [-0.15, -0.1) is 0 Å². The van der Waals surface area contributed by atoms with Crippen molar-refractivity contribution >= 4 is 40.4 Å². The number of nitrogens with one attached hydrogen (secondary N) is 2. The maximum Gasteiger partial charge on any atom is 0.250 e. The van der Waals surface area contributed by atoms with Crippen molar-refractivity contribution in [2.45, 2.75) is 19.3 Å². The molecule has 1 saturated carbocycles. The van der Waals surface area contributed by atoms with Crippen LogP contribution in [0.4, 0.5) is 38.9 Å². The van der Waals surface area contributed by atoms with Crippen molar-refractivity contribution in [1.29, 1.82) is 0 Å². The van der Waals surface area contributed by atoms with E-state index < -0.39 is 5.82 Å². The van der Waals surface area contributed by atoms with Crippen molar-refractivity contribution in [2.75, 3.05) is 53.3 Å². The van der Waals surface area contributed by atoms with Gasteiger partial charge >= 0.3 is 0 Å². The normalized spacial score (nSPS) is 17.8. The third-order valence-electron chi connectivity index (χ3n) is 7.34. The van der Waals surface area contributed by atoms with E-state index in [9.17, 15) is 9.18 Å². The molecule has 0 atom stereocenters. The number of rotatable bonds is 6. The number of hydrogen-bond acceptors (Lipinski definition) is 7. The number of aromatic nitrogens is 2. The molecule has 0 radical (unpaired) electrons. The highest BCUT2D eigenvalue weighted by Crippen LogP contribution is 2.53. The largest absolute Gasteiger partial charge is 0.378 e. The number of fused-ring (bicyclic) bond motifs is 1. The minimum Gasteiger partial charge on any atom is -0.378 e. The fourth-order valence-electron chi connectivity index (χ4n) is 5.10. The minimum atomic E-state index is -0.568. The Morgan fingerprint density at radius 2 is 1.84 bits per heavy atom. The molecular weight excluding hydrogens is 471 g/mol. The summed E-state index contributed by atoms with van der Waals surface area (Å²) in [7, 11) is 0. The molecular formula is C28H29FN6O2. The zero-order valence-electron chi connectivity index (χ0n) is 20.5. The predicted molar refractivity (Wildman–Crippen MR) is 142 cm³/mol. The van der Waals surface area contributed by atoms with Gasteiger partial charge in [0.15, 0.2) is 11.6 Å². The number of benzene rings is 2. The Morgan fingerprint density at radius 1 is 1.08 bits per heavy atom. The highest BCUT2D eigenvalue weighted by atomic mass is 19.1. The first kappa shape index (κ1) is 23.4. The van der Waals surface area contributed by atoms with Gasteiger partial charge in [0.1, 0.15) is 0 Å². The highest BCUT2D eigenvalue weighted by molar-refractivity contribution is 6.02. The van der Waals surface area contributed by atoms with E-state index in [1.807, 2.05) is 42.5 Å². The molecule has 6 rings (SSSR count). The van der Waals surface area contributed by atoms with Gasteiger partial charge in [-0.25, -0.2) is 9.37 Å². The molecule has 0 unspecified atom stereocenters. The number of carbonyl (C=O) groups is 1. The van der Waals surface area contributed by atoms with E-state index in [4.69, 9.17) is 4.74 Å². The van der Waals surface area contributed by atoms with E-state index in [0.29, 0.717) is 12.2 Å². The Kier molecular flexibility index (Phi) is 6.00. The standard InChI is InChI=1S/C28H29FN6O2/c1-2-25(36)35-18-28(9-10-28)16-19-3-4-21(15-24(19)35)31-26-23(29)17-30-27(33-26)32-20-5-7-22(8-6-20)34-11-13-37-14-12-34/h2-8,15,17H,1,9-14,16,18H2,(H2,30,31,32,33). The molecule has 1 spiro atoms. The van der Waals surface area contributed by atoms with Crippen LogP contribution in [-0.2, 0) is 16.0 Å². The molecule has 37 heavy (non-hydrogen) atoms. The summed E-state index contributed by atoms with van der Waals surface area (Å²) in [6.07, 6.45) is 5.70. The number of nitrogens with zero attached hydrogens (tertiary/aromatic N) is 4. The zero-order chi connectivity index (χ0) is 25.4. The van der Waals surface area contributed by atoms with E-state index in [2.05, 4.69) is 32.1 Å². The fourth-order valence-corrected chi connectivity index (χ4v) is 5.10. The summed E-state index contributed by atoms with van der Waals surface area (Å²) in [6.45, 7) is 7.54. The Hall–Kier alpha value is -3.98. The molecule has 3 aliphatic rings. The summed E-state index contributed by atoms with van der Waals surface area (Å²) in [6, 6.07) is 13.8. The number of amides is 1. The monoisotopic (exact) mass is 500 g/mol. The Labute approximate surface area is 215 Å². The molecule has 2 fully saturated rings. The highest BCUT2D eigenvalue weighted by Gasteiger charge is 2.48. The number of halogens is 1. The third-order valence-corrected chi connectivity index (χ3v) is 7.34. The molecule has 190 valence electrons. The van der Waals surface area contributed by atoms with Gasteiger partial charge in [0.25, 0.3) is 0 Å². The molecule has 1 amide bonds. The van der Waals surface area contributed by atoms with Crippen molar-refractivity contribution in [3.8, 4) is 0 Å². The van der Waals surface area contributed by atoms with E-state index in [1.54, 1.807) is 4.90 Å². The summed E-state index contributed by atoms with van der Waals surface area (Å²) in [5.41, 5.74) is 4.72. The Balaban J connectivity index is 1.19. The molecule has 3 heterocycles. The number of hydrogen-bond donors (Lipinski definition) is 2. The van der Waals surface area contributed by atoms with Crippen LogP contribution in [-0.4, -0.2) is 48.7 Å². The van der Waals surface area contributed by atoms with Gasteiger partial charge in [-0.05, 0) is 72.7 Å². The average molecular weight is 501 g/mol. The van der Waals surface area contributed by atoms with Crippen molar-refractivity contribution in [3.63, 3.8) is 0 Å². The quantitative estimate of drug-likeness (QED) is 0.471. The lowest BCUT2D eigenvalue weighted by Crippen LogP contribution is -2.40. The molecule has 2 aliphatic heterocycles. The molecule has 8 nitrogen and oxygen atoms in total. The van der Waals surface area contributed by atoms with Crippen LogP contribution in [0.3, 0.4) is 0 Å². The summed E-state index contributed by atoms with van der Waals surface area (Å²) < 4.78 is 20.1. The van der Waals surface area contributed by atoms with Gasteiger partial charge in [-0.1, -0.05) is 12.6 Å². The second-order valence-corrected chi connectivity index (χ2v) is 9.94. The van der Waals surface area contributed by atoms with E-state index in [0.717, 1.165) is 74.4 Å². The number of ether oxygens (including phenoxy) is 1. The van der Waals surface area contributed by atoms with Crippen LogP contribution in [0.1, 0.15) is 18.4 Å². The second kappa shape index (κ2) is 9.48. The van der Waals surface area contributed by atoms with Crippen LogP contribution in [0.25, 0.3) is 0 Å². The summed E-state index contributed by atoms with van der Waals surface area (Å²) >= 11 is 0. The maximum absolute atomic E-state index is 14.7. The lowest BCUT2D eigenvalue weighted by Gasteiger charge is -2.34. The fraction of sp³-hybridized carbons (Fsp3) is 0.321. The van der Waals surface area contributed by atoms with E-state index in [1.165, 1.54) is 6.08 Å². The van der Waals surface area contributed by atoms with Crippen molar-refractivity contribution in [3.05, 3.63) is 72.7 Å². The zero-order valence-corrected chi connectivity index (χ0v) is 20.5. The first-order valence-corrected chi connectivity index (χ1v) is 12.6. The molecule has 2 aromatic carbocycles. The van der Waals surface area contributed by atoms with Crippen LogP contribution in [0.15, 0.2) is 61.3 Å². The summed E-state index contributed by atoms with van der Waals surface area (Å²) in [4.78, 5) is 25.1. The first-order valence-electron chi connectivity index (χ1n) is 12.6. The van der Waals surface area contributed by atoms with Crippen LogP contribution in [0.5, 0.6) is 0 Å². The van der Waals surface area contributed by atoms with Gasteiger partial charge in [-0.2, -0.15) is 4.98 Å². The first-order chi connectivity index (χ1) is 18.0. The SMILES string of the molecule is C=CC(=O)N1CC2(CC2)Cc2ccc(Nc3nc(Nc4ccc(N5CCOCC5)cc4)ncc3F)cc21. The van der Waals surface area contributed by atoms with Gasteiger partial charge in [0, 0.05) is 42.4 Å². The number of morpholine rings is 1. The smallest absolute Gasteiger partial charge is 0.250 e. The molecule has 2 N–H and O–H groups in total. The van der Waals surface area contributed by atoms with E-state index in [-0.39, 0.29) is 23.1 Å². The van der Waals surface area contributed by atoms with Crippen molar-refractivity contribution < 1.29 is 13.9 Å². The predicted octanol–water partition coefficient (Wildman–Crippen LogP) is 4.79. The van der Waals surface area contributed by atoms with Gasteiger partial charge < -0.3 is 25.2 Å². The molecule has 3 aromatic rings. The van der Waals surface area contributed by atoms with E-state index >= 15 is 0 Å². The Bertz CT molecular complexity index is 1330. The van der Waals surface area contributed by atoms with Crippen molar-refractivity contribution in [1.82, 2.24) is 9.97 Å². The number of anilines is 6. The van der Waals surface area contributed by atoms with Crippen LogP contribution in [0, 0.1) is 11.2 Å². The molecule has 9 heteroatoms. The van der Waals surface area contributed by atoms with Gasteiger partial charge in [0.05, 0.1) is 19.4 Å². The van der Waals surface area contributed by atoms with Crippen LogP contribution >= 0.6 is 0 Å². The Morgan fingerprint density at radius 3 is 2.57 bits per heavy atom. The van der Waals surface area contributed by atoms with Crippen LogP contribution in [0.2, 0.25) is 0 Å². The molecule has 0 bridgehead atoms. The lowest BCUT2D eigenvalue weighted by atomic mass is 9.89. The van der Waals surface area contributed by atoms with Gasteiger partial charge in [-0.3, -0.25) is 4.79 Å². The van der Waals surface area contributed by atoms with Crippen molar-refractivity contribution in [2.24, 2.45) is 5.41 Å². The average Bonchev–Trinajstić information content (AvgIpc) is 3.69. The lowest BCUT2D eigenvalue weighted by molar-refractivity contribution is -0.114. The molecule has 1 aromatic heterocycles. The topological polar surface area (TPSA) is 82.6 Å². The second-order valence-electron chi connectivity index (χ2n) is 9.94. The molecule has 1 aliphatic carbocycles. The van der Waals surface area contributed by atoms with Gasteiger partial charge in [0.2, 0.25) is 11.9 Å².